The van der Waals surface area contributed by atoms with Crippen molar-refractivity contribution in [3.63, 3.8) is 0 Å². The predicted molar refractivity (Wildman–Crippen MR) is 148 cm³/mol. The molecule has 0 aliphatic heterocycles. The van der Waals surface area contributed by atoms with E-state index in [1.807, 2.05) is 0 Å². The van der Waals surface area contributed by atoms with Crippen LogP contribution in [0.25, 0.3) is 11.1 Å². The highest BCUT2D eigenvalue weighted by Gasteiger charge is 2.31. The van der Waals surface area contributed by atoms with E-state index >= 15 is 4.39 Å². The van der Waals surface area contributed by atoms with Crippen LogP contribution in [0.2, 0.25) is 0 Å². The first-order valence-corrected chi connectivity index (χ1v) is 14.2. The van der Waals surface area contributed by atoms with Crippen molar-refractivity contribution in [2.24, 2.45) is 5.92 Å². The number of rotatable bonds is 12. The zero-order valence-electron chi connectivity index (χ0n) is 23.1. The minimum absolute atomic E-state index is 0.00701. The van der Waals surface area contributed by atoms with Crippen molar-refractivity contribution in [1.29, 1.82) is 0 Å². The molecule has 0 N–H and O–H groups in total. The summed E-state index contributed by atoms with van der Waals surface area (Å²) in [6.45, 7) is 3.07. The van der Waals surface area contributed by atoms with Gasteiger partial charge in [-0.3, -0.25) is 0 Å². The van der Waals surface area contributed by atoms with Crippen LogP contribution in [0.15, 0.2) is 54.6 Å². The molecule has 1 aliphatic carbocycles. The maximum atomic E-state index is 15.1. The largest absolute Gasteiger partial charge is 0.491 e. The predicted octanol–water partition coefficient (Wildman–Crippen LogP) is 9.89. The monoisotopic (exact) mass is 560 g/mol. The number of hydrogen-bond donors (Lipinski definition) is 0. The van der Waals surface area contributed by atoms with Crippen LogP contribution < -0.4 is 9.47 Å². The van der Waals surface area contributed by atoms with Crippen LogP contribution in [-0.4, -0.2) is 19.1 Å². The van der Waals surface area contributed by atoms with Crippen molar-refractivity contribution in [2.45, 2.75) is 77.1 Å². The molecule has 40 heavy (non-hydrogen) atoms. The standard InChI is InChI=1S/C33H37F5O2/c1-3-5-6-22-7-10-24(11-8-22)27-14-12-25(18-28(27)34)26-13-16-32(30(36)19-26)40-21-33(37,38)20-23-9-15-31(39-4-2)29(35)17-23/h9,12-19,22,24H,3-8,10-11,20-21H2,1-2H3. The van der Waals surface area contributed by atoms with Crippen LogP contribution in [0.4, 0.5) is 22.0 Å². The van der Waals surface area contributed by atoms with Gasteiger partial charge in [0.15, 0.2) is 29.7 Å². The van der Waals surface area contributed by atoms with Crippen molar-refractivity contribution in [3.05, 3.63) is 83.2 Å². The number of halogens is 5. The molecule has 4 rings (SSSR count). The van der Waals surface area contributed by atoms with Crippen LogP contribution in [0.3, 0.4) is 0 Å². The Balaban J connectivity index is 1.36. The van der Waals surface area contributed by atoms with Gasteiger partial charge in [-0.15, -0.1) is 0 Å². The summed E-state index contributed by atoms with van der Waals surface area (Å²) in [5.74, 6) is -4.63. The molecule has 3 aromatic rings. The third-order valence-electron chi connectivity index (χ3n) is 7.72. The number of ether oxygens (including phenoxy) is 2. The number of benzene rings is 3. The van der Waals surface area contributed by atoms with Crippen molar-refractivity contribution in [1.82, 2.24) is 0 Å². The van der Waals surface area contributed by atoms with Gasteiger partial charge in [-0.2, -0.15) is 0 Å². The molecule has 216 valence electrons. The lowest BCUT2D eigenvalue weighted by atomic mass is 9.77. The molecule has 0 aromatic heterocycles. The Morgan fingerprint density at radius 1 is 0.750 bits per heavy atom. The Labute approximate surface area is 233 Å². The normalized spacial score (nSPS) is 17.6. The van der Waals surface area contributed by atoms with Crippen molar-refractivity contribution >= 4 is 0 Å². The van der Waals surface area contributed by atoms with Crippen LogP contribution in [0, 0.1) is 23.4 Å². The summed E-state index contributed by atoms with van der Waals surface area (Å²) in [7, 11) is 0. The first-order chi connectivity index (χ1) is 19.2. The Morgan fingerprint density at radius 3 is 2.00 bits per heavy atom. The lowest BCUT2D eigenvalue weighted by Gasteiger charge is -2.29. The quantitative estimate of drug-likeness (QED) is 0.205. The van der Waals surface area contributed by atoms with E-state index < -0.39 is 30.6 Å². The maximum absolute atomic E-state index is 15.1. The minimum Gasteiger partial charge on any atom is -0.491 e. The maximum Gasteiger partial charge on any atom is 0.285 e. The molecule has 1 fully saturated rings. The zero-order valence-corrected chi connectivity index (χ0v) is 23.1. The van der Waals surface area contributed by atoms with E-state index in [2.05, 4.69) is 6.92 Å². The van der Waals surface area contributed by atoms with Crippen molar-refractivity contribution in [2.75, 3.05) is 13.2 Å². The second-order valence-electron chi connectivity index (χ2n) is 10.8. The summed E-state index contributed by atoms with van der Waals surface area (Å²) in [6, 6.07) is 12.6. The average molecular weight is 561 g/mol. The highest BCUT2D eigenvalue weighted by molar-refractivity contribution is 5.65. The van der Waals surface area contributed by atoms with Crippen molar-refractivity contribution < 1.29 is 31.4 Å². The molecule has 7 heteroatoms. The van der Waals surface area contributed by atoms with Gasteiger partial charge in [-0.1, -0.05) is 50.5 Å². The SMILES string of the molecule is CCCCC1CCC(c2ccc(-c3ccc(OCC(F)(F)Cc4ccc(OCC)c(F)c4)c(F)c3)cc2F)CC1. The lowest BCUT2D eigenvalue weighted by molar-refractivity contribution is -0.0409. The average Bonchev–Trinajstić information content (AvgIpc) is 2.93. The highest BCUT2D eigenvalue weighted by Crippen LogP contribution is 2.39. The van der Waals surface area contributed by atoms with E-state index in [1.165, 1.54) is 49.6 Å². The molecule has 1 saturated carbocycles. The Hall–Kier alpha value is -3.09. The van der Waals surface area contributed by atoms with Gasteiger partial charge in [-0.25, -0.2) is 22.0 Å². The fourth-order valence-electron chi connectivity index (χ4n) is 5.55. The fourth-order valence-corrected chi connectivity index (χ4v) is 5.55. The Kier molecular flexibility index (Phi) is 10.1. The Bertz CT molecular complexity index is 1270. The lowest BCUT2D eigenvalue weighted by Crippen LogP contribution is -2.28. The summed E-state index contributed by atoms with van der Waals surface area (Å²) in [4.78, 5) is 0. The fraction of sp³-hybridized carbons (Fsp3) is 0.455. The summed E-state index contributed by atoms with van der Waals surface area (Å²) in [5, 5.41) is 0. The molecule has 0 unspecified atom stereocenters. The second kappa shape index (κ2) is 13.5. The molecule has 2 nitrogen and oxygen atoms in total. The first kappa shape index (κ1) is 29.9. The van der Waals surface area contributed by atoms with E-state index in [0.29, 0.717) is 16.7 Å². The zero-order chi connectivity index (χ0) is 28.7. The molecule has 0 atom stereocenters. The van der Waals surface area contributed by atoms with Crippen LogP contribution in [0.5, 0.6) is 11.5 Å². The first-order valence-electron chi connectivity index (χ1n) is 14.2. The molecular weight excluding hydrogens is 523 g/mol. The third-order valence-corrected chi connectivity index (χ3v) is 7.72. The number of alkyl halides is 2. The smallest absolute Gasteiger partial charge is 0.285 e. The number of unbranched alkanes of at least 4 members (excludes halogenated alkanes) is 1. The molecule has 1 aliphatic rings. The van der Waals surface area contributed by atoms with Crippen LogP contribution in [-0.2, 0) is 6.42 Å². The summed E-state index contributed by atoms with van der Waals surface area (Å²) in [6.07, 6.45) is 7.10. The topological polar surface area (TPSA) is 18.5 Å². The van der Waals surface area contributed by atoms with E-state index in [1.54, 1.807) is 19.1 Å². The van der Waals surface area contributed by atoms with Gasteiger partial charge in [0.2, 0.25) is 0 Å². The molecule has 0 saturated heterocycles. The van der Waals surface area contributed by atoms with E-state index in [9.17, 15) is 17.6 Å². The third kappa shape index (κ3) is 7.76. The molecule has 0 radical (unpaired) electrons. The van der Waals surface area contributed by atoms with Crippen LogP contribution >= 0.6 is 0 Å². The van der Waals surface area contributed by atoms with Gasteiger partial charge in [0.25, 0.3) is 5.92 Å². The van der Waals surface area contributed by atoms with E-state index in [4.69, 9.17) is 9.47 Å². The van der Waals surface area contributed by atoms with Gasteiger partial charge in [-0.05, 0) is 97.0 Å². The van der Waals surface area contributed by atoms with E-state index in [0.717, 1.165) is 43.7 Å². The molecule has 0 spiro atoms. The summed E-state index contributed by atoms with van der Waals surface area (Å²) < 4.78 is 83.1. The van der Waals surface area contributed by atoms with E-state index in [-0.39, 0.29) is 35.4 Å². The molecule has 3 aromatic carbocycles. The van der Waals surface area contributed by atoms with Gasteiger partial charge in [0.1, 0.15) is 5.82 Å². The number of hydrogen-bond acceptors (Lipinski definition) is 2. The molecular formula is C33H37F5O2. The minimum atomic E-state index is -3.36. The van der Waals surface area contributed by atoms with Gasteiger partial charge >= 0.3 is 0 Å². The van der Waals surface area contributed by atoms with Crippen molar-refractivity contribution in [3.8, 4) is 22.6 Å². The van der Waals surface area contributed by atoms with Gasteiger partial charge < -0.3 is 9.47 Å². The summed E-state index contributed by atoms with van der Waals surface area (Å²) in [5.41, 5.74) is 1.70. The van der Waals surface area contributed by atoms with Gasteiger partial charge in [0.05, 0.1) is 6.61 Å². The highest BCUT2D eigenvalue weighted by atomic mass is 19.3. The molecule has 0 heterocycles. The molecule has 0 bridgehead atoms. The molecule has 0 amide bonds. The van der Waals surface area contributed by atoms with Gasteiger partial charge in [0, 0.05) is 6.42 Å². The second-order valence-corrected chi connectivity index (χ2v) is 10.8. The van der Waals surface area contributed by atoms with Crippen LogP contribution in [0.1, 0.15) is 75.8 Å². The summed E-state index contributed by atoms with van der Waals surface area (Å²) >= 11 is 0. The Morgan fingerprint density at radius 2 is 1.38 bits per heavy atom.